The number of esters is 1. The van der Waals surface area contributed by atoms with Crippen molar-refractivity contribution in [3.05, 3.63) is 0 Å². The van der Waals surface area contributed by atoms with Crippen molar-refractivity contribution in [2.75, 3.05) is 33.0 Å². The molecule has 0 amide bonds. The minimum Gasteiger partial charge on any atom is -0.463 e. The average Bonchev–Trinajstić information content (AvgIpc) is 2.41. The maximum Gasteiger partial charge on any atom is 0.342 e. The summed E-state index contributed by atoms with van der Waals surface area (Å²) in [4.78, 5) is 11.5. The summed E-state index contributed by atoms with van der Waals surface area (Å²) in [5.74, 6) is -0.742. The number of aliphatic hydroxyl groups excluding tert-OH is 3. The lowest BCUT2D eigenvalue weighted by atomic mass is 9.88. The molecule has 2 atom stereocenters. The van der Waals surface area contributed by atoms with Crippen LogP contribution < -0.4 is 0 Å². The van der Waals surface area contributed by atoms with Gasteiger partial charge in [-0.15, -0.1) is 37.9 Å². The molecule has 0 bridgehead atoms. The van der Waals surface area contributed by atoms with Crippen molar-refractivity contribution in [3.63, 3.8) is 0 Å². The summed E-state index contributed by atoms with van der Waals surface area (Å²) in [7, 11) is 0. The van der Waals surface area contributed by atoms with E-state index in [4.69, 9.17) is 14.6 Å². The van der Waals surface area contributed by atoms with Crippen LogP contribution in [-0.4, -0.2) is 63.8 Å². The van der Waals surface area contributed by atoms with Gasteiger partial charge in [0.1, 0.15) is 12.7 Å². The minimum absolute atomic E-state index is 0.0676. The molecule has 0 aromatic heterocycles. The van der Waals surface area contributed by atoms with Gasteiger partial charge >= 0.3 is 5.97 Å². The molecule has 6 nitrogen and oxygen atoms in total. The van der Waals surface area contributed by atoms with Crippen LogP contribution in [0.5, 0.6) is 0 Å². The Morgan fingerprint density at radius 2 is 1.85 bits per heavy atom. The van der Waals surface area contributed by atoms with Gasteiger partial charge in [0.2, 0.25) is 0 Å². The predicted molar refractivity (Wildman–Crippen MR) is 84.4 cm³/mol. The van der Waals surface area contributed by atoms with E-state index in [1.807, 2.05) is 6.92 Å². The highest BCUT2D eigenvalue weighted by molar-refractivity contribution is 8.18. The molecule has 0 aromatic rings. The largest absolute Gasteiger partial charge is 0.463 e. The van der Waals surface area contributed by atoms with Crippen molar-refractivity contribution >= 4 is 43.9 Å². The minimum atomic E-state index is -1.51. The molecule has 0 fully saturated rings. The Bertz CT molecular complexity index is 290. The fourth-order valence-corrected chi connectivity index (χ4v) is 1.42. The number of ether oxygens (including phenoxy) is 2. The lowest BCUT2D eigenvalue weighted by Crippen LogP contribution is -2.39. The van der Waals surface area contributed by atoms with E-state index < -0.39 is 27.5 Å². The fraction of sp³-hybridized carbons (Fsp3) is 0.909. The van der Waals surface area contributed by atoms with Crippen molar-refractivity contribution in [2.24, 2.45) is 5.41 Å². The molecule has 120 valence electrons. The Kier molecular flexibility index (Phi) is 9.56. The van der Waals surface area contributed by atoms with Crippen molar-refractivity contribution in [1.82, 2.24) is 0 Å². The van der Waals surface area contributed by atoms with Crippen LogP contribution in [0.15, 0.2) is 0 Å². The van der Waals surface area contributed by atoms with Crippen molar-refractivity contribution in [2.45, 2.75) is 22.9 Å². The average molecular weight is 346 g/mol. The molecule has 0 spiro atoms. The van der Waals surface area contributed by atoms with Gasteiger partial charge in [-0.3, -0.25) is 0 Å². The topological polar surface area (TPSA) is 96.2 Å². The summed E-state index contributed by atoms with van der Waals surface area (Å²) in [6.07, 6.45) is -0.490. The van der Waals surface area contributed by atoms with Crippen LogP contribution in [0.3, 0.4) is 0 Å². The number of thiol groups is 3. The third-order valence-electron chi connectivity index (χ3n) is 2.80. The molecule has 0 aliphatic heterocycles. The number of hydrogen-bond acceptors (Lipinski definition) is 9. The molecule has 3 N–H and O–H groups in total. The molecule has 0 saturated carbocycles. The maximum absolute atomic E-state index is 11.5. The van der Waals surface area contributed by atoms with Gasteiger partial charge in [0.05, 0.1) is 31.8 Å². The Hall–Kier alpha value is 0.360. The first-order valence-corrected chi connectivity index (χ1v) is 7.37. The van der Waals surface area contributed by atoms with Crippen molar-refractivity contribution in [1.29, 1.82) is 0 Å². The van der Waals surface area contributed by atoms with E-state index >= 15 is 0 Å². The zero-order chi connectivity index (χ0) is 15.8. The van der Waals surface area contributed by atoms with E-state index in [1.165, 1.54) is 0 Å². The van der Waals surface area contributed by atoms with E-state index in [0.717, 1.165) is 0 Å². The van der Waals surface area contributed by atoms with Gasteiger partial charge in [0.15, 0.2) is 3.41 Å². The molecule has 0 aromatic carbocycles. The van der Waals surface area contributed by atoms with E-state index in [9.17, 15) is 15.0 Å². The molecule has 9 heteroatoms. The van der Waals surface area contributed by atoms with Crippen molar-refractivity contribution in [3.8, 4) is 0 Å². The Morgan fingerprint density at radius 1 is 1.25 bits per heavy atom. The number of carbonyl (C=O) groups is 1. The molecular weight excluding hydrogens is 324 g/mol. The Morgan fingerprint density at radius 3 is 2.25 bits per heavy atom. The normalized spacial score (nSPS) is 16.6. The quantitative estimate of drug-likeness (QED) is 0.185. The van der Waals surface area contributed by atoms with Gasteiger partial charge < -0.3 is 24.8 Å². The number of aliphatic hydroxyl groups is 3. The van der Waals surface area contributed by atoms with Gasteiger partial charge in [-0.2, -0.15) is 0 Å². The highest BCUT2D eigenvalue weighted by Gasteiger charge is 2.34. The summed E-state index contributed by atoms with van der Waals surface area (Å²) in [6.45, 7) is 1.06. The number of hydrogen-bond donors (Lipinski definition) is 6. The summed E-state index contributed by atoms with van der Waals surface area (Å²) >= 11 is 11.5. The summed E-state index contributed by atoms with van der Waals surface area (Å²) < 4.78 is 8.74. The maximum atomic E-state index is 11.5. The van der Waals surface area contributed by atoms with Crippen LogP contribution in [0.4, 0.5) is 0 Å². The molecule has 20 heavy (non-hydrogen) atoms. The van der Waals surface area contributed by atoms with Crippen LogP contribution in [0.1, 0.15) is 13.3 Å². The molecule has 0 aliphatic carbocycles. The van der Waals surface area contributed by atoms with Gasteiger partial charge in [-0.05, 0) is 6.42 Å². The predicted octanol–water partition coefficient (Wildman–Crippen LogP) is -0.269. The fourth-order valence-electron chi connectivity index (χ4n) is 1.23. The van der Waals surface area contributed by atoms with Crippen LogP contribution in [0.2, 0.25) is 0 Å². The molecule has 0 rings (SSSR count). The lowest BCUT2D eigenvalue weighted by molar-refractivity contribution is -0.149. The lowest BCUT2D eigenvalue weighted by Gasteiger charge is -2.31. The summed E-state index contributed by atoms with van der Waals surface area (Å²) in [5.41, 5.74) is -0.786. The first-order chi connectivity index (χ1) is 9.20. The second kappa shape index (κ2) is 9.39. The van der Waals surface area contributed by atoms with E-state index in [1.54, 1.807) is 0 Å². The smallest absolute Gasteiger partial charge is 0.342 e. The summed E-state index contributed by atoms with van der Waals surface area (Å²) in [5, 5.41) is 27.3. The molecule has 0 heterocycles. The van der Waals surface area contributed by atoms with Gasteiger partial charge in [0.25, 0.3) is 0 Å². The van der Waals surface area contributed by atoms with Crippen LogP contribution in [0.25, 0.3) is 0 Å². The third kappa shape index (κ3) is 7.39. The molecule has 0 radical (unpaired) electrons. The van der Waals surface area contributed by atoms with Crippen LogP contribution >= 0.6 is 37.9 Å². The molecular formula is C11H22O6S3. The van der Waals surface area contributed by atoms with Crippen molar-refractivity contribution < 1.29 is 29.6 Å². The second-order valence-corrected chi connectivity index (χ2v) is 7.65. The van der Waals surface area contributed by atoms with E-state index in [-0.39, 0.29) is 26.4 Å². The third-order valence-corrected chi connectivity index (χ3v) is 3.35. The zero-order valence-electron chi connectivity index (χ0n) is 11.2. The Labute approximate surface area is 135 Å². The second-order valence-electron chi connectivity index (χ2n) is 4.57. The standard InChI is InChI=1S/C11H22O6S3/c1-2-10(5-13,6-16-4-8(14)3-12)7-17-9(15)11(18,19)20/h8,12-14,18-20H,2-7H2,1H3. The van der Waals surface area contributed by atoms with E-state index in [2.05, 4.69) is 37.9 Å². The number of rotatable bonds is 10. The molecule has 0 saturated heterocycles. The van der Waals surface area contributed by atoms with E-state index in [0.29, 0.717) is 6.42 Å². The first kappa shape index (κ1) is 20.4. The highest BCUT2D eigenvalue weighted by atomic mass is 32.2. The SMILES string of the molecule is CCC(CO)(COCC(O)CO)COC(=O)C(S)(S)S. The van der Waals surface area contributed by atoms with Crippen LogP contribution in [-0.2, 0) is 14.3 Å². The van der Waals surface area contributed by atoms with Crippen LogP contribution in [0, 0.1) is 5.41 Å². The number of carbonyl (C=O) groups excluding carboxylic acids is 1. The van der Waals surface area contributed by atoms with Gasteiger partial charge in [-0.1, -0.05) is 6.92 Å². The first-order valence-electron chi connectivity index (χ1n) is 6.02. The summed E-state index contributed by atoms with van der Waals surface area (Å²) in [6, 6.07) is 0. The monoisotopic (exact) mass is 346 g/mol. The van der Waals surface area contributed by atoms with Gasteiger partial charge in [-0.25, -0.2) is 4.79 Å². The highest BCUT2D eigenvalue weighted by Crippen LogP contribution is 2.28. The Balaban J connectivity index is 4.42. The van der Waals surface area contributed by atoms with Gasteiger partial charge in [0, 0.05) is 0 Å². The molecule has 0 aliphatic rings. The molecule has 2 unspecified atom stereocenters. The zero-order valence-corrected chi connectivity index (χ0v) is 13.9.